The zero-order valence-corrected chi connectivity index (χ0v) is 43.4. The van der Waals surface area contributed by atoms with Crippen molar-refractivity contribution in [3.63, 3.8) is 0 Å². The number of hydrogen-bond donors (Lipinski definition) is 0. The molecule has 6 nitrogen and oxygen atoms in total. The van der Waals surface area contributed by atoms with Crippen molar-refractivity contribution in [1.82, 2.24) is 0 Å². The predicted octanol–water partition coefficient (Wildman–Crippen LogP) is 18.3. The Hall–Kier alpha value is -1.59. The first-order valence-electron chi connectivity index (χ1n) is 28.1. The lowest BCUT2D eigenvalue weighted by atomic mass is 10.0. The van der Waals surface area contributed by atoms with Crippen LogP contribution in [0.5, 0.6) is 0 Å². The van der Waals surface area contributed by atoms with Crippen molar-refractivity contribution in [2.75, 3.05) is 13.2 Å². The second-order valence-electron chi connectivity index (χ2n) is 21.0. The molecule has 0 heterocycles. The van der Waals surface area contributed by atoms with Gasteiger partial charge in [0.25, 0.3) is 0 Å². The Balaban J connectivity index is 4.26. The number of carbonyl (C=O) groups is 3. The predicted molar refractivity (Wildman–Crippen MR) is 270 cm³/mol. The monoisotopic (exact) mass is 891 g/mol. The van der Waals surface area contributed by atoms with E-state index in [0.717, 1.165) is 75.5 Å². The molecule has 0 radical (unpaired) electrons. The highest BCUT2D eigenvalue weighted by Crippen LogP contribution is 2.18. The van der Waals surface area contributed by atoms with Crippen LogP contribution in [0.1, 0.15) is 311 Å². The number of carbonyl (C=O) groups excluding carboxylic acids is 3. The third kappa shape index (κ3) is 51.3. The van der Waals surface area contributed by atoms with E-state index in [1.807, 2.05) is 0 Å². The van der Waals surface area contributed by atoms with Gasteiger partial charge in [-0.2, -0.15) is 0 Å². The van der Waals surface area contributed by atoms with E-state index >= 15 is 0 Å². The summed E-state index contributed by atoms with van der Waals surface area (Å²) in [6.07, 6.45) is 49.6. The highest BCUT2D eigenvalue weighted by atomic mass is 16.6. The molecule has 0 fully saturated rings. The molecule has 0 aromatic carbocycles. The van der Waals surface area contributed by atoms with Crippen LogP contribution in [0.3, 0.4) is 0 Å². The molecule has 0 unspecified atom stereocenters. The van der Waals surface area contributed by atoms with Gasteiger partial charge in [0.15, 0.2) is 6.10 Å². The van der Waals surface area contributed by atoms with Gasteiger partial charge >= 0.3 is 17.9 Å². The van der Waals surface area contributed by atoms with Crippen molar-refractivity contribution in [1.29, 1.82) is 0 Å². The van der Waals surface area contributed by atoms with Gasteiger partial charge in [-0.3, -0.25) is 14.4 Å². The fourth-order valence-corrected chi connectivity index (χ4v) is 8.65. The number of hydrogen-bond acceptors (Lipinski definition) is 6. The van der Waals surface area contributed by atoms with Crippen molar-refractivity contribution in [2.45, 2.75) is 317 Å². The second-order valence-corrected chi connectivity index (χ2v) is 21.0. The first kappa shape index (κ1) is 61.4. The summed E-state index contributed by atoms with van der Waals surface area (Å²) < 4.78 is 16.8. The van der Waals surface area contributed by atoms with Crippen molar-refractivity contribution >= 4 is 17.9 Å². The van der Waals surface area contributed by atoms with Crippen LogP contribution in [0.15, 0.2) is 0 Å². The van der Waals surface area contributed by atoms with E-state index in [4.69, 9.17) is 14.2 Å². The highest BCUT2D eigenvalue weighted by molar-refractivity contribution is 5.71. The standard InChI is InChI=1S/C57H110O6/c1-51(2)43-37-31-25-20-16-12-8-7-9-15-19-23-29-36-42-48-57(60)63-54(50-62-56(59)47-41-35-30-24-27-33-39-45-53(5)6)49-61-55(58)46-40-34-28-22-18-14-11-10-13-17-21-26-32-38-44-52(3)4/h51-54H,7-50H2,1-6H3/t54-/m0/s1. The molecule has 0 spiro atoms. The Morgan fingerprint density at radius 3 is 0.683 bits per heavy atom. The Labute approximate surface area is 393 Å². The molecule has 0 saturated carbocycles. The summed E-state index contributed by atoms with van der Waals surface area (Å²) in [5.74, 6) is 1.63. The van der Waals surface area contributed by atoms with E-state index in [1.165, 1.54) is 193 Å². The summed E-state index contributed by atoms with van der Waals surface area (Å²) in [7, 11) is 0. The molecule has 0 N–H and O–H groups in total. The average molecular weight is 892 g/mol. The van der Waals surface area contributed by atoms with Crippen molar-refractivity contribution in [3.8, 4) is 0 Å². The van der Waals surface area contributed by atoms with Crippen molar-refractivity contribution in [2.24, 2.45) is 17.8 Å². The molecule has 0 aromatic rings. The van der Waals surface area contributed by atoms with Crippen LogP contribution < -0.4 is 0 Å². The molecule has 0 amide bonds. The van der Waals surface area contributed by atoms with Crippen molar-refractivity contribution < 1.29 is 28.6 Å². The Morgan fingerprint density at radius 2 is 0.460 bits per heavy atom. The minimum atomic E-state index is -0.763. The van der Waals surface area contributed by atoms with E-state index in [-0.39, 0.29) is 31.1 Å². The SMILES string of the molecule is CC(C)CCCCCCCCCCCCCCCCCC(=O)O[C@@H](COC(=O)CCCCCCCCCCCCCCCCC(C)C)COC(=O)CCCCCCCCCC(C)C. The quantitative estimate of drug-likeness (QED) is 0.0344. The largest absolute Gasteiger partial charge is 0.462 e. The molecule has 0 aliphatic carbocycles. The number of unbranched alkanes of at least 4 members (excludes halogenated alkanes) is 33. The smallest absolute Gasteiger partial charge is 0.306 e. The molecule has 6 heteroatoms. The molecule has 1 atom stereocenters. The summed E-state index contributed by atoms with van der Waals surface area (Å²) in [6, 6.07) is 0. The molecule has 0 aliphatic heterocycles. The number of rotatable bonds is 50. The summed E-state index contributed by atoms with van der Waals surface area (Å²) in [4.78, 5) is 38.0. The molecule has 0 aromatic heterocycles. The van der Waals surface area contributed by atoms with Gasteiger partial charge in [-0.05, 0) is 37.0 Å². The Morgan fingerprint density at radius 1 is 0.270 bits per heavy atom. The lowest BCUT2D eigenvalue weighted by Crippen LogP contribution is -2.30. The Kier molecular flexibility index (Phi) is 47.1. The third-order valence-electron chi connectivity index (χ3n) is 12.9. The first-order valence-corrected chi connectivity index (χ1v) is 28.1. The normalized spacial score (nSPS) is 12.1. The summed E-state index contributed by atoms with van der Waals surface area (Å²) in [5.41, 5.74) is 0. The molecule has 0 bridgehead atoms. The van der Waals surface area contributed by atoms with Gasteiger partial charge in [0.05, 0.1) is 0 Å². The maximum Gasteiger partial charge on any atom is 0.306 e. The fourth-order valence-electron chi connectivity index (χ4n) is 8.65. The van der Waals surface area contributed by atoms with Gasteiger partial charge in [-0.25, -0.2) is 0 Å². The van der Waals surface area contributed by atoms with E-state index in [9.17, 15) is 14.4 Å². The zero-order valence-electron chi connectivity index (χ0n) is 43.4. The van der Waals surface area contributed by atoms with Gasteiger partial charge in [-0.1, -0.05) is 273 Å². The minimum Gasteiger partial charge on any atom is -0.462 e. The third-order valence-corrected chi connectivity index (χ3v) is 12.9. The second kappa shape index (κ2) is 48.3. The van der Waals surface area contributed by atoms with Crippen LogP contribution in [0.4, 0.5) is 0 Å². The topological polar surface area (TPSA) is 78.9 Å². The van der Waals surface area contributed by atoms with Gasteiger partial charge in [0.1, 0.15) is 13.2 Å². The van der Waals surface area contributed by atoms with Crippen LogP contribution in [-0.4, -0.2) is 37.2 Å². The molecule has 63 heavy (non-hydrogen) atoms. The van der Waals surface area contributed by atoms with E-state index in [1.54, 1.807) is 0 Å². The molecule has 0 rings (SSSR count). The number of esters is 3. The van der Waals surface area contributed by atoms with Crippen LogP contribution in [0.25, 0.3) is 0 Å². The molecule has 374 valence electrons. The van der Waals surface area contributed by atoms with Gasteiger partial charge in [0, 0.05) is 19.3 Å². The van der Waals surface area contributed by atoms with Crippen LogP contribution in [0, 0.1) is 17.8 Å². The van der Waals surface area contributed by atoms with Crippen LogP contribution in [0.2, 0.25) is 0 Å². The first-order chi connectivity index (χ1) is 30.6. The average Bonchev–Trinajstić information content (AvgIpc) is 3.24. The van der Waals surface area contributed by atoms with Crippen molar-refractivity contribution in [3.05, 3.63) is 0 Å². The lowest BCUT2D eigenvalue weighted by Gasteiger charge is -2.18. The molecular weight excluding hydrogens is 781 g/mol. The lowest BCUT2D eigenvalue weighted by molar-refractivity contribution is -0.167. The molecule has 0 aliphatic rings. The van der Waals surface area contributed by atoms with Crippen LogP contribution >= 0.6 is 0 Å². The van der Waals surface area contributed by atoms with Gasteiger partial charge < -0.3 is 14.2 Å². The summed E-state index contributed by atoms with van der Waals surface area (Å²) in [5, 5.41) is 0. The Bertz CT molecular complexity index is 976. The van der Waals surface area contributed by atoms with E-state index in [0.29, 0.717) is 19.3 Å². The van der Waals surface area contributed by atoms with Gasteiger partial charge in [-0.15, -0.1) is 0 Å². The highest BCUT2D eigenvalue weighted by Gasteiger charge is 2.19. The molecule has 0 saturated heterocycles. The molecular formula is C57H110O6. The summed E-state index contributed by atoms with van der Waals surface area (Å²) in [6.45, 7) is 13.7. The number of ether oxygens (including phenoxy) is 3. The maximum absolute atomic E-state index is 12.8. The van der Waals surface area contributed by atoms with Gasteiger partial charge in [0.2, 0.25) is 0 Å². The van der Waals surface area contributed by atoms with Crippen LogP contribution in [-0.2, 0) is 28.6 Å². The van der Waals surface area contributed by atoms with E-state index in [2.05, 4.69) is 41.5 Å². The minimum absolute atomic E-state index is 0.0642. The maximum atomic E-state index is 12.8. The fraction of sp³-hybridized carbons (Fsp3) is 0.947. The summed E-state index contributed by atoms with van der Waals surface area (Å²) >= 11 is 0. The van der Waals surface area contributed by atoms with E-state index < -0.39 is 6.10 Å². The zero-order chi connectivity index (χ0) is 46.3.